The first-order chi connectivity index (χ1) is 17.0. The van der Waals surface area contributed by atoms with Gasteiger partial charge in [-0.15, -0.1) is 11.3 Å². The molecule has 35 heavy (non-hydrogen) atoms. The Labute approximate surface area is 214 Å². The molecule has 1 fully saturated rings. The topological polar surface area (TPSA) is 59.1 Å². The van der Waals surface area contributed by atoms with Crippen LogP contribution < -0.4 is 9.47 Å². The third kappa shape index (κ3) is 5.31. The fourth-order valence-corrected chi connectivity index (χ4v) is 5.64. The van der Waals surface area contributed by atoms with Gasteiger partial charge < -0.3 is 19.3 Å². The summed E-state index contributed by atoms with van der Waals surface area (Å²) in [5.41, 5.74) is 1.63. The minimum Gasteiger partial charge on any atom is -0.497 e. The first-order valence-electron chi connectivity index (χ1n) is 11.7. The average molecular weight is 511 g/mol. The van der Waals surface area contributed by atoms with Crippen molar-refractivity contribution < 1.29 is 19.1 Å². The Bertz CT molecular complexity index is 1230. The van der Waals surface area contributed by atoms with Gasteiger partial charge in [0.05, 0.1) is 13.2 Å². The van der Waals surface area contributed by atoms with Gasteiger partial charge in [0.15, 0.2) is 0 Å². The van der Waals surface area contributed by atoms with Gasteiger partial charge >= 0.3 is 0 Å². The van der Waals surface area contributed by atoms with Crippen LogP contribution in [0, 0.1) is 0 Å². The van der Waals surface area contributed by atoms with Crippen molar-refractivity contribution >= 4 is 34.8 Å². The van der Waals surface area contributed by atoms with Crippen LogP contribution in [-0.4, -0.2) is 54.5 Å². The number of ether oxygens (including phenoxy) is 2. The Hall–Kier alpha value is -3.03. The van der Waals surface area contributed by atoms with Crippen LogP contribution in [0.3, 0.4) is 0 Å². The lowest BCUT2D eigenvalue weighted by atomic mass is 10.0. The average Bonchev–Trinajstić information content (AvgIpc) is 3.61. The van der Waals surface area contributed by atoms with Crippen molar-refractivity contribution in [2.24, 2.45) is 0 Å². The number of hydrogen-bond donors (Lipinski definition) is 0. The summed E-state index contributed by atoms with van der Waals surface area (Å²) in [4.78, 5) is 31.8. The van der Waals surface area contributed by atoms with Crippen LogP contribution in [-0.2, 0) is 11.2 Å². The lowest BCUT2D eigenvalue weighted by molar-refractivity contribution is -0.135. The maximum Gasteiger partial charge on any atom is 0.254 e. The first-order valence-corrected chi connectivity index (χ1v) is 13.0. The zero-order valence-corrected chi connectivity index (χ0v) is 21.1. The number of benzene rings is 2. The number of carbonyl (C=O) groups is 2. The lowest BCUT2D eigenvalue weighted by Crippen LogP contribution is -2.48. The number of halogens is 1. The molecule has 3 aromatic rings. The van der Waals surface area contributed by atoms with E-state index in [2.05, 4.69) is 11.4 Å². The highest BCUT2D eigenvalue weighted by atomic mass is 35.5. The van der Waals surface area contributed by atoms with E-state index in [4.69, 9.17) is 21.1 Å². The van der Waals surface area contributed by atoms with Crippen molar-refractivity contribution in [2.45, 2.75) is 31.3 Å². The maximum atomic E-state index is 13.6. The number of thiophene rings is 1. The third-order valence-corrected chi connectivity index (χ3v) is 7.72. The monoisotopic (exact) mass is 510 g/mol. The van der Waals surface area contributed by atoms with Crippen molar-refractivity contribution in [3.8, 4) is 11.5 Å². The molecule has 0 N–H and O–H groups in total. The molecule has 2 aromatic carbocycles. The smallest absolute Gasteiger partial charge is 0.254 e. The number of rotatable bonds is 8. The molecule has 2 heterocycles. The van der Waals surface area contributed by atoms with E-state index in [0.717, 1.165) is 30.6 Å². The molecule has 6 nitrogen and oxygen atoms in total. The largest absolute Gasteiger partial charge is 0.497 e. The molecular weight excluding hydrogens is 484 g/mol. The van der Waals surface area contributed by atoms with Gasteiger partial charge in [0.25, 0.3) is 5.91 Å². The normalized spacial score (nSPS) is 17.0. The molecule has 5 rings (SSSR count). The van der Waals surface area contributed by atoms with Crippen molar-refractivity contribution in [1.29, 1.82) is 0 Å². The van der Waals surface area contributed by atoms with E-state index >= 15 is 0 Å². The van der Waals surface area contributed by atoms with E-state index in [1.165, 1.54) is 4.88 Å². The van der Waals surface area contributed by atoms with Gasteiger partial charge in [-0.3, -0.25) is 9.59 Å². The Morgan fingerprint density at radius 1 is 1.11 bits per heavy atom. The molecule has 0 unspecified atom stereocenters. The predicted octanol–water partition coefficient (Wildman–Crippen LogP) is 5.22. The highest BCUT2D eigenvalue weighted by Crippen LogP contribution is 2.35. The van der Waals surface area contributed by atoms with E-state index in [1.807, 2.05) is 29.2 Å². The predicted molar refractivity (Wildman–Crippen MR) is 136 cm³/mol. The molecule has 1 aromatic heterocycles. The standard InChI is InChI=1S/C27H27ClN2O4S/c1-33-21-6-3-7-22(15-21)34-17-24-23-11-13-35-25(23)10-12-29(24)26(31)16-30(20-8-9-20)27(32)18-4-2-5-19(28)14-18/h2-7,11,13-15,20,24H,8-10,12,16-17H2,1H3/t24-/m1/s1. The van der Waals surface area contributed by atoms with Gasteiger partial charge in [0.1, 0.15) is 24.7 Å². The summed E-state index contributed by atoms with van der Waals surface area (Å²) < 4.78 is 11.4. The summed E-state index contributed by atoms with van der Waals surface area (Å²) in [5, 5.41) is 2.57. The third-order valence-electron chi connectivity index (χ3n) is 6.49. The molecule has 1 atom stereocenters. The van der Waals surface area contributed by atoms with E-state index in [-0.39, 0.29) is 30.4 Å². The minimum atomic E-state index is -0.217. The van der Waals surface area contributed by atoms with E-state index in [1.54, 1.807) is 47.6 Å². The number of nitrogens with zero attached hydrogens (tertiary/aromatic N) is 2. The zero-order valence-electron chi connectivity index (χ0n) is 19.5. The van der Waals surface area contributed by atoms with Crippen molar-refractivity contribution in [3.63, 3.8) is 0 Å². The van der Waals surface area contributed by atoms with E-state index < -0.39 is 0 Å². The van der Waals surface area contributed by atoms with Gasteiger partial charge in [-0.25, -0.2) is 0 Å². The second-order valence-corrected chi connectivity index (χ2v) is 10.3. The highest BCUT2D eigenvalue weighted by molar-refractivity contribution is 7.10. The fourth-order valence-electron chi connectivity index (χ4n) is 4.52. The molecule has 0 radical (unpaired) electrons. The SMILES string of the molecule is COc1cccc(OC[C@@H]2c3ccsc3CCN2C(=O)CN(C(=O)c2cccc(Cl)c2)C2CC2)c1. The molecule has 1 saturated carbocycles. The molecule has 182 valence electrons. The number of fused-ring (bicyclic) bond motifs is 1. The summed E-state index contributed by atoms with van der Waals surface area (Å²) in [6, 6.07) is 16.3. The van der Waals surface area contributed by atoms with Gasteiger partial charge in [0.2, 0.25) is 5.91 Å². The van der Waals surface area contributed by atoms with Crippen molar-refractivity contribution in [2.75, 3.05) is 26.8 Å². The van der Waals surface area contributed by atoms with E-state index in [9.17, 15) is 9.59 Å². The zero-order chi connectivity index (χ0) is 24.4. The molecule has 8 heteroatoms. The van der Waals surface area contributed by atoms with Crippen LogP contribution in [0.25, 0.3) is 0 Å². The van der Waals surface area contributed by atoms with Crippen LogP contribution in [0.4, 0.5) is 0 Å². The molecule has 0 saturated heterocycles. The van der Waals surface area contributed by atoms with Gasteiger partial charge in [-0.1, -0.05) is 23.7 Å². The molecular formula is C27H27ClN2O4S. The molecule has 0 bridgehead atoms. The van der Waals surface area contributed by atoms with Crippen LogP contribution in [0.2, 0.25) is 5.02 Å². The van der Waals surface area contributed by atoms with Gasteiger partial charge in [-0.2, -0.15) is 0 Å². The van der Waals surface area contributed by atoms with Crippen molar-refractivity contribution in [1.82, 2.24) is 9.80 Å². The summed E-state index contributed by atoms with van der Waals surface area (Å²) >= 11 is 7.82. The highest BCUT2D eigenvalue weighted by Gasteiger charge is 2.38. The Kier molecular flexibility index (Phi) is 6.97. The Balaban J connectivity index is 1.34. The van der Waals surface area contributed by atoms with E-state index in [0.29, 0.717) is 29.5 Å². The molecule has 1 aliphatic carbocycles. The first kappa shape index (κ1) is 23.7. The van der Waals surface area contributed by atoms with Gasteiger partial charge in [0, 0.05) is 34.1 Å². The van der Waals surface area contributed by atoms with Crippen molar-refractivity contribution in [3.05, 3.63) is 81.0 Å². The quantitative estimate of drug-likeness (QED) is 0.417. The van der Waals surface area contributed by atoms with Crippen LogP contribution >= 0.6 is 22.9 Å². The molecule has 2 aliphatic rings. The Morgan fingerprint density at radius 2 is 1.91 bits per heavy atom. The second-order valence-electron chi connectivity index (χ2n) is 8.82. The Morgan fingerprint density at radius 3 is 2.69 bits per heavy atom. The summed E-state index contributed by atoms with van der Waals surface area (Å²) in [5.74, 6) is 1.19. The summed E-state index contributed by atoms with van der Waals surface area (Å²) in [6.45, 7) is 0.974. The number of amides is 2. The van der Waals surface area contributed by atoms with Crippen LogP contribution in [0.15, 0.2) is 60.0 Å². The summed E-state index contributed by atoms with van der Waals surface area (Å²) in [7, 11) is 1.62. The molecule has 1 aliphatic heterocycles. The maximum absolute atomic E-state index is 13.6. The summed E-state index contributed by atoms with van der Waals surface area (Å²) in [6.07, 6.45) is 2.63. The van der Waals surface area contributed by atoms with Gasteiger partial charge in [-0.05, 0) is 66.6 Å². The second kappa shape index (κ2) is 10.3. The number of carbonyl (C=O) groups excluding carboxylic acids is 2. The lowest BCUT2D eigenvalue weighted by Gasteiger charge is -2.37. The minimum absolute atomic E-state index is 0.0468. The van der Waals surface area contributed by atoms with Crippen LogP contribution in [0.1, 0.15) is 39.7 Å². The van der Waals surface area contributed by atoms with Crippen LogP contribution in [0.5, 0.6) is 11.5 Å². The molecule has 2 amide bonds. The number of hydrogen-bond acceptors (Lipinski definition) is 5. The fraction of sp³-hybridized carbons (Fsp3) is 0.333. The number of methoxy groups -OCH3 is 1. The molecule has 0 spiro atoms.